The highest BCUT2D eigenvalue weighted by molar-refractivity contribution is 14.1. The van der Waals surface area contributed by atoms with Crippen LogP contribution in [-0.2, 0) is 0 Å². The van der Waals surface area contributed by atoms with E-state index in [4.69, 9.17) is 21.1 Å². The second-order valence-electron chi connectivity index (χ2n) is 4.65. The Balaban J connectivity index is 2.13. The number of hydrogen-bond donors (Lipinski definition) is 1. The summed E-state index contributed by atoms with van der Waals surface area (Å²) in [5.74, 6) is 0.935. The van der Waals surface area contributed by atoms with Crippen LogP contribution in [0.4, 0.5) is 0 Å². The van der Waals surface area contributed by atoms with Crippen LogP contribution < -0.4 is 14.9 Å². The van der Waals surface area contributed by atoms with E-state index in [9.17, 15) is 4.79 Å². The molecular weight excluding hydrogens is 443 g/mol. The van der Waals surface area contributed by atoms with Crippen LogP contribution in [0.1, 0.15) is 22.8 Å². The Kier molecular flexibility index (Phi) is 6.86. The molecular formula is C17H16ClIN2O3. The van der Waals surface area contributed by atoms with E-state index in [-0.39, 0.29) is 5.91 Å². The van der Waals surface area contributed by atoms with Gasteiger partial charge in [0.2, 0.25) is 0 Å². The van der Waals surface area contributed by atoms with Gasteiger partial charge in [0.1, 0.15) is 0 Å². The zero-order valence-corrected chi connectivity index (χ0v) is 16.1. The summed E-state index contributed by atoms with van der Waals surface area (Å²) in [6, 6.07) is 10.5. The maximum atomic E-state index is 12.0. The van der Waals surface area contributed by atoms with Gasteiger partial charge in [0.25, 0.3) is 5.91 Å². The smallest absolute Gasteiger partial charge is 0.272 e. The molecule has 2 rings (SSSR count). The zero-order chi connectivity index (χ0) is 17.5. The molecule has 0 aliphatic rings. The third-order valence-electron chi connectivity index (χ3n) is 3.04. The lowest BCUT2D eigenvalue weighted by molar-refractivity contribution is 0.0955. The number of carbonyl (C=O) groups excluding carboxylic acids is 1. The number of benzene rings is 2. The molecule has 1 amide bonds. The maximum Gasteiger partial charge on any atom is 0.272 e. The molecule has 0 aromatic heterocycles. The SMILES string of the molecule is CCOc1c(I)cc(/C=N\NC(=O)c2ccccc2Cl)cc1OC. The number of amides is 1. The van der Waals surface area contributed by atoms with Crippen molar-refractivity contribution in [1.82, 2.24) is 5.43 Å². The molecule has 24 heavy (non-hydrogen) atoms. The van der Waals surface area contributed by atoms with E-state index < -0.39 is 0 Å². The van der Waals surface area contributed by atoms with Gasteiger partial charge in [-0.2, -0.15) is 5.10 Å². The van der Waals surface area contributed by atoms with Gasteiger partial charge in [-0.3, -0.25) is 4.79 Å². The van der Waals surface area contributed by atoms with E-state index in [1.807, 2.05) is 13.0 Å². The monoisotopic (exact) mass is 458 g/mol. The fourth-order valence-corrected chi connectivity index (χ4v) is 2.97. The lowest BCUT2D eigenvalue weighted by Gasteiger charge is -2.12. The van der Waals surface area contributed by atoms with Crippen LogP contribution in [0, 0.1) is 3.57 Å². The van der Waals surface area contributed by atoms with E-state index in [1.165, 1.54) is 6.21 Å². The maximum absolute atomic E-state index is 12.0. The van der Waals surface area contributed by atoms with Crippen LogP contribution in [0.2, 0.25) is 5.02 Å². The van der Waals surface area contributed by atoms with Gasteiger partial charge in [-0.15, -0.1) is 0 Å². The molecule has 2 aromatic carbocycles. The molecule has 5 nitrogen and oxygen atoms in total. The predicted octanol–water partition coefficient (Wildman–Crippen LogP) is 4.12. The van der Waals surface area contributed by atoms with E-state index >= 15 is 0 Å². The second-order valence-corrected chi connectivity index (χ2v) is 6.22. The average Bonchev–Trinajstić information content (AvgIpc) is 2.57. The first-order valence-corrected chi connectivity index (χ1v) is 8.60. The third kappa shape index (κ3) is 4.61. The minimum Gasteiger partial charge on any atom is -0.493 e. The first-order chi connectivity index (χ1) is 11.6. The van der Waals surface area contributed by atoms with Crippen molar-refractivity contribution in [3.8, 4) is 11.5 Å². The normalized spacial score (nSPS) is 10.7. The molecule has 7 heteroatoms. The molecule has 0 aliphatic heterocycles. The lowest BCUT2D eigenvalue weighted by Crippen LogP contribution is -2.17. The summed E-state index contributed by atoms with van der Waals surface area (Å²) in [6.45, 7) is 2.46. The molecule has 0 fully saturated rings. The minimum absolute atomic E-state index is 0.371. The van der Waals surface area contributed by atoms with E-state index in [2.05, 4.69) is 33.1 Å². The summed E-state index contributed by atoms with van der Waals surface area (Å²) in [5, 5.41) is 4.35. The quantitative estimate of drug-likeness (QED) is 0.402. The Bertz CT molecular complexity index is 765. The van der Waals surface area contributed by atoms with E-state index in [0.717, 1.165) is 9.13 Å². The molecule has 126 valence electrons. The van der Waals surface area contributed by atoms with Crippen molar-refractivity contribution in [1.29, 1.82) is 0 Å². The summed E-state index contributed by atoms with van der Waals surface area (Å²) >= 11 is 8.14. The number of methoxy groups -OCH3 is 1. The Labute approximate surface area is 159 Å². The molecule has 0 unspecified atom stereocenters. The number of halogens is 2. The number of nitrogens with zero attached hydrogens (tertiary/aromatic N) is 1. The number of ether oxygens (including phenoxy) is 2. The molecule has 0 atom stereocenters. The first-order valence-electron chi connectivity index (χ1n) is 7.15. The largest absolute Gasteiger partial charge is 0.493 e. The van der Waals surface area contributed by atoms with Crippen molar-refractivity contribution in [2.45, 2.75) is 6.92 Å². The van der Waals surface area contributed by atoms with E-state index in [0.29, 0.717) is 28.7 Å². The molecule has 1 N–H and O–H groups in total. The number of carbonyl (C=O) groups is 1. The van der Waals surface area contributed by atoms with Gasteiger partial charge in [0.05, 0.1) is 34.1 Å². The topological polar surface area (TPSA) is 59.9 Å². The van der Waals surface area contributed by atoms with Gasteiger partial charge in [-0.1, -0.05) is 23.7 Å². The number of nitrogens with one attached hydrogen (secondary N) is 1. The van der Waals surface area contributed by atoms with Crippen LogP contribution >= 0.6 is 34.2 Å². The Morgan fingerprint density at radius 1 is 1.38 bits per heavy atom. The zero-order valence-electron chi connectivity index (χ0n) is 13.2. The molecule has 0 radical (unpaired) electrons. The van der Waals surface area contributed by atoms with Crippen molar-refractivity contribution < 1.29 is 14.3 Å². The van der Waals surface area contributed by atoms with Gasteiger partial charge in [-0.25, -0.2) is 5.43 Å². The van der Waals surface area contributed by atoms with Gasteiger partial charge < -0.3 is 9.47 Å². The van der Waals surface area contributed by atoms with Crippen molar-refractivity contribution in [3.63, 3.8) is 0 Å². The van der Waals surface area contributed by atoms with Gasteiger partial charge >= 0.3 is 0 Å². The Hall–Kier alpha value is -1.80. The Morgan fingerprint density at radius 2 is 2.12 bits per heavy atom. The number of rotatable bonds is 6. The van der Waals surface area contributed by atoms with Crippen LogP contribution in [0.5, 0.6) is 11.5 Å². The van der Waals surface area contributed by atoms with Crippen LogP contribution in [0.15, 0.2) is 41.5 Å². The molecule has 0 saturated heterocycles. The summed E-state index contributed by atoms with van der Waals surface area (Å²) in [4.78, 5) is 12.0. The molecule has 0 spiro atoms. The second kappa shape index (κ2) is 8.89. The Morgan fingerprint density at radius 3 is 2.79 bits per heavy atom. The summed E-state index contributed by atoms with van der Waals surface area (Å²) < 4.78 is 11.8. The minimum atomic E-state index is -0.371. The first kappa shape index (κ1) is 18.5. The number of hydrazone groups is 1. The average molecular weight is 459 g/mol. The van der Waals surface area contributed by atoms with Crippen LogP contribution in [-0.4, -0.2) is 25.8 Å². The highest BCUT2D eigenvalue weighted by Gasteiger charge is 2.11. The van der Waals surface area contributed by atoms with Crippen molar-refractivity contribution in [2.75, 3.05) is 13.7 Å². The summed E-state index contributed by atoms with van der Waals surface area (Å²) in [7, 11) is 1.58. The number of hydrogen-bond acceptors (Lipinski definition) is 4. The van der Waals surface area contributed by atoms with Crippen molar-refractivity contribution in [3.05, 3.63) is 56.1 Å². The van der Waals surface area contributed by atoms with E-state index in [1.54, 1.807) is 37.4 Å². The van der Waals surface area contributed by atoms with Crippen molar-refractivity contribution in [2.24, 2.45) is 5.10 Å². The third-order valence-corrected chi connectivity index (χ3v) is 4.17. The van der Waals surface area contributed by atoms with Crippen LogP contribution in [0.3, 0.4) is 0 Å². The highest BCUT2D eigenvalue weighted by atomic mass is 127. The molecule has 0 aliphatic carbocycles. The fraction of sp³-hybridized carbons (Fsp3) is 0.176. The molecule has 0 heterocycles. The van der Waals surface area contributed by atoms with Gasteiger partial charge in [0, 0.05) is 0 Å². The molecule has 2 aromatic rings. The van der Waals surface area contributed by atoms with Crippen LogP contribution in [0.25, 0.3) is 0 Å². The lowest BCUT2D eigenvalue weighted by atomic mass is 10.2. The van der Waals surface area contributed by atoms with Gasteiger partial charge in [-0.05, 0) is 59.3 Å². The molecule has 0 saturated carbocycles. The van der Waals surface area contributed by atoms with Crippen molar-refractivity contribution >= 4 is 46.3 Å². The highest BCUT2D eigenvalue weighted by Crippen LogP contribution is 2.33. The van der Waals surface area contributed by atoms with Gasteiger partial charge in [0.15, 0.2) is 11.5 Å². The molecule has 0 bridgehead atoms. The standard InChI is InChI=1S/C17H16ClIN2O3/c1-3-24-16-14(19)8-11(9-15(16)23-2)10-20-21-17(22)12-6-4-5-7-13(12)18/h4-10H,3H2,1-2H3,(H,21,22)/b20-10-. The summed E-state index contributed by atoms with van der Waals surface area (Å²) in [5.41, 5.74) is 3.60. The fourth-order valence-electron chi connectivity index (χ4n) is 1.97. The predicted molar refractivity (Wildman–Crippen MR) is 103 cm³/mol. The summed E-state index contributed by atoms with van der Waals surface area (Å²) in [6.07, 6.45) is 1.54.